The first kappa shape index (κ1) is 30.6. The topological polar surface area (TPSA) is 110 Å². The highest BCUT2D eigenvalue weighted by atomic mass is 16.6. The number of hydrogen-bond donors (Lipinski definition) is 2. The van der Waals surface area contributed by atoms with Crippen molar-refractivity contribution in [1.29, 1.82) is 0 Å². The molecule has 9 heteroatoms. The van der Waals surface area contributed by atoms with Crippen LogP contribution in [-0.2, 0) is 9.59 Å². The monoisotopic (exact) mass is 589 g/mol. The molecule has 9 nitrogen and oxygen atoms in total. The number of ether oxygens (including phenoxy) is 3. The zero-order valence-electron chi connectivity index (χ0n) is 26.3. The lowest BCUT2D eigenvalue weighted by atomic mass is 9.72. The van der Waals surface area contributed by atoms with E-state index in [0.717, 1.165) is 56.6 Å². The Balaban J connectivity index is 1.70. The third-order valence-electron chi connectivity index (χ3n) is 8.73. The number of nitrogens with zero attached hydrogens (tertiary/aromatic N) is 2. The number of fused-ring (bicyclic) bond motifs is 4. The Bertz CT molecular complexity index is 1620. The molecule has 0 spiro atoms. The van der Waals surface area contributed by atoms with Gasteiger partial charge in [0.05, 0.1) is 11.0 Å². The Morgan fingerprint density at radius 3 is 2.53 bits per heavy atom. The molecule has 1 unspecified atom stereocenters. The van der Waals surface area contributed by atoms with Crippen LogP contribution in [-0.4, -0.2) is 53.1 Å². The molecule has 1 aliphatic carbocycles. The van der Waals surface area contributed by atoms with Gasteiger partial charge in [-0.25, -0.2) is 4.98 Å². The van der Waals surface area contributed by atoms with Gasteiger partial charge in [0.25, 0.3) is 0 Å². The highest BCUT2D eigenvalue weighted by molar-refractivity contribution is 6.05. The molecule has 1 aromatic heterocycles. The molecule has 2 heterocycles. The Morgan fingerprint density at radius 1 is 1.14 bits per heavy atom. The lowest BCUT2D eigenvalue weighted by molar-refractivity contribution is -0.134. The SMILES string of the molecule is CCN(CC)CCCNc1c2c(c3nc4ccc(OC(C)=O)c(OC(C)=O)c4cc3c1O)C(C)C1=C(CC(C)(C)CC1)O2. The molecule has 230 valence electrons. The molecule has 0 radical (unpaired) electrons. The van der Waals surface area contributed by atoms with E-state index in [0.29, 0.717) is 39.8 Å². The number of aromatic nitrogens is 1. The molecule has 0 saturated heterocycles. The molecule has 2 aromatic carbocycles. The van der Waals surface area contributed by atoms with Crippen molar-refractivity contribution in [3.8, 4) is 23.0 Å². The molecular weight excluding hydrogens is 546 g/mol. The summed E-state index contributed by atoms with van der Waals surface area (Å²) in [6.45, 7) is 17.2. The van der Waals surface area contributed by atoms with Crippen molar-refractivity contribution in [1.82, 2.24) is 9.88 Å². The molecule has 2 aliphatic rings. The summed E-state index contributed by atoms with van der Waals surface area (Å²) < 4.78 is 17.6. The highest BCUT2D eigenvalue weighted by Gasteiger charge is 2.38. The first-order valence-electron chi connectivity index (χ1n) is 15.3. The number of phenols is 1. The van der Waals surface area contributed by atoms with E-state index < -0.39 is 11.9 Å². The van der Waals surface area contributed by atoms with Gasteiger partial charge in [0.1, 0.15) is 11.4 Å². The molecule has 0 amide bonds. The van der Waals surface area contributed by atoms with Crippen molar-refractivity contribution < 1.29 is 28.9 Å². The number of allylic oxidation sites excluding steroid dienone is 2. The molecule has 0 fully saturated rings. The van der Waals surface area contributed by atoms with E-state index in [9.17, 15) is 14.7 Å². The van der Waals surface area contributed by atoms with Crippen LogP contribution in [0.15, 0.2) is 29.5 Å². The number of benzene rings is 2. The van der Waals surface area contributed by atoms with Crippen LogP contribution in [0.5, 0.6) is 23.0 Å². The zero-order valence-corrected chi connectivity index (χ0v) is 26.3. The number of hydrogen-bond acceptors (Lipinski definition) is 9. The molecule has 5 rings (SSSR count). The van der Waals surface area contributed by atoms with Gasteiger partial charge in [-0.15, -0.1) is 0 Å². The quantitative estimate of drug-likeness (QED) is 0.0892. The van der Waals surface area contributed by atoms with Gasteiger partial charge < -0.3 is 29.5 Å². The van der Waals surface area contributed by atoms with Crippen molar-refractivity contribution in [3.63, 3.8) is 0 Å². The Kier molecular flexibility index (Phi) is 8.56. The molecule has 1 atom stereocenters. The van der Waals surface area contributed by atoms with Crippen molar-refractivity contribution >= 4 is 39.4 Å². The summed E-state index contributed by atoms with van der Waals surface area (Å²) in [5.74, 6) is 0.763. The van der Waals surface area contributed by atoms with E-state index in [2.05, 4.69) is 44.8 Å². The summed E-state index contributed by atoms with van der Waals surface area (Å²) in [6.07, 6.45) is 3.74. The zero-order chi connectivity index (χ0) is 31.1. The van der Waals surface area contributed by atoms with Crippen molar-refractivity contribution in [2.24, 2.45) is 5.41 Å². The minimum atomic E-state index is -0.562. The van der Waals surface area contributed by atoms with Crippen molar-refractivity contribution in [2.75, 3.05) is 31.5 Å². The van der Waals surface area contributed by atoms with Crippen molar-refractivity contribution in [3.05, 3.63) is 35.1 Å². The summed E-state index contributed by atoms with van der Waals surface area (Å²) in [7, 11) is 0. The first-order valence-corrected chi connectivity index (χ1v) is 15.3. The third-order valence-corrected chi connectivity index (χ3v) is 8.73. The summed E-state index contributed by atoms with van der Waals surface area (Å²) in [5.41, 5.74) is 4.05. The van der Waals surface area contributed by atoms with Gasteiger partial charge in [0.15, 0.2) is 23.0 Å². The van der Waals surface area contributed by atoms with Crippen LogP contribution in [0.4, 0.5) is 5.69 Å². The molecule has 0 saturated carbocycles. The van der Waals surface area contributed by atoms with Crippen LogP contribution in [0.3, 0.4) is 0 Å². The van der Waals surface area contributed by atoms with E-state index in [4.69, 9.17) is 19.2 Å². The largest absolute Gasteiger partial charge is 0.505 e. The number of nitrogens with one attached hydrogen (secondary N) is 1. The molecule has 3 aromatic rings. The number of pyridine rings is 1. The predicted octanol–water partition coefficient (Wildman–Crippen LogP) is 7.05. The van der Waals surface area contributed by atoms with Gasteiger partial charge in [0, 0.05) is 49.1 Å². The maximum atomic E-state index is 12.1. The number of carbonyl (C=O) groups excluding carboxylic acids is 2. The lowest BCUT2D eigenvalue weighted by Crippen LogP contribution is -2.27. The second kappa shape index (κ2) is 12.0. The standard InChI is InChI=1S/C34H43N3O6/c1-8-37(9-2)16-10-15-35-30-31(40)24-17-23-25(11-12-26(41-20(4)38)32(23)42-21(5)39)36-29(24)28-19(3)22-13-14-34(6,7)18-27(22)43-33(28)30/h11-12,17,19,35,40H,8-10,13-16,18H2,1-7H3. The van der Waals surface area contributed by atoms with Crippen LogP contribution in [0.1, 0.15) is 85.6 Å². The predicted molar refractivity (Wildman–Crippen MR) is 168 cm³/mol. The Morgan fingerprint density at radius 2 is 1.86 bits per heavy atom. The summed E-state index contributed by atoms with van der Waals surface area (Å²) >= 11 is 0. The van der Waals surface area contributed by atoms with Gasteiger partial charge in [-0.1, -0.05) is 34.6 Å². The summed E-state index contributed by atoms with van der Waals surface area (Å²) in [6, 6.07) is 5.06. The fraction of sp³-hybridized carbons (Fsp3) is 0.500. The maximum Gasteiger partial charge on any atom is 0.308 e. The van der Waals surface area contributed by atoms with Gasteiger partial charge in [0.2, 0.25) is 0 Å². The third kappa shape index (κ3) is 6.00. The number of phenolic OH excluding ortho intramolecular Hbond substituents is 1. The normalized spacial score (nSPS) is 17.4. The number of rotatable bonds is 9. The number of esters is 2. The van der Waals surface area contributed by atoms with Gasteiger partial charge >= 0.3 is 11.9 Å². The summed E-state index contributed by atoms with van der Waals surface area (Å²) in [5, 5.41) is 16.3. The van der Waals surface area contributed by atoms with Crippen LogP contribution >= 0.6 is 0 Å². The van der Waals surface area contributed by atoms with E-state index in [1.54, 1.807) is 18.2 Å². The number of anilines is 1. The van der Waals surface area contributed by atoms with Gasteiger partial charge in [-0.05, 0) is 68.1 Å². The lowest BCUT2D eigenvalue weighted by Gasteiger charge is -2.39. The van der Waals surface area contributed by atoms with Gasteiger partial charge in [-0.3, -0.25) is 9.59 Å². The minimum Gasteiger partial charge on any atom is -0.505 e. The Hall–Kier alpha value is -3.85. The summed E-state index contributed by atoms with van der Waals surface area (Å²) in [4.78, 5) is 31.2. The van der Waals surface area contributed by atoms with Crippen molar-refractivity contribution in [2.45, 2.75) is 80.1 Å². The smallest absolute Gasteiger partial charge is 0.308 e. The van der Waals surface area contributed by atoms with E-state index >= 15 is 0 Å². The average molecular weight is 590 g/mol. The molecule has 43 heavy (non-hydrogen) atoms. The average Bonchev–Trinajstić information content (AvgIpc) is 2.94. The van der Waals surface area contributed by atoms with Crippen LogP contribution in [0.2, 0.25) is 0 Å². The van der Waals surface area contributed by atoms with E-state index in [1.807, 2.05) is 0 Å². The van der Waals surface area contributed by atoms with E-state index in [-0.39, 0.29) is 28.6 Å². The first-order chi connectivity index (χ1) is 20.4. The fourth-order valence-corrected chi connectivity index (χ4v) is 6.39. The minimum absolute atomic E-state index is 0.0176. The molecule has 1 aliphatic heterocycles. The van der Waals surface area contributed by atoms with Crippen LogP contribution < -0.4 is 19.5 Å². The highest BCUT2D eigenvalue weighted by Crippen LogP contribution is 2.56. The fourth-order valence-electron chi connectivity index (χ4n) is 6.39. The van der Waals surface area contributed by atoms with E-state index in [1.165, 1.54) is 19.4 Å². The Labute approximate surface area is 253 Å². The number of carbonyl (C=O) groups is 2. The molecular formula is C34H43N3O6. The second-order valence-corrected chi connectivity index (χ2v) is 12.4. The number of aromatic hydroxyl groups is 1. The maximum absolute atomic E-state index is 12.1. The molecule has 0 bridgehead atoms. The van der Waals surface area contributed by atoms with Crippen LogP contribution in [0.25, 0.3) is 21.8 Å². The second-order valence-electron chi connectivity index (χ2n) is 12.4. The van der Waals surface area contributed by atoms with Crippen LogP contribution in [0, 0.1) is 5.41 Å². The van der Waals surface area contributed by atoms with Gasteiger partial charge in [-0.2, -0.15) is 0 Å². The molecule has 2 N–H and O–H groups in total.